The summed E-state index contributed by atoms with van der Waals surface area (Å²) in [6.45, 7) is 1.26. The van der Waals surface area contributed by atoms with Crippen LogP contribution in [-0.2, 0) is 0 Å². The monoisotopic (exact) mass is 400 g/mol. The largest absolute Gasteiger partial charge is 0.489 e. The number of fused-ring (bicyclic) bond motifs is 1. The van der Waals surface area contributed by atoms with Crippen LogP contribution < -0.4 is 14.4 Å². The standard InChI is InChI=1S/C18H13ClN4OS2/c19-14-9-12(11-20)1-3-15(14)23-6-7-24-17-10-13(2-4-16(17)23)26-22-18-21-5-8-25-18/h1-5,8-10H,6-7H2,(H,21,22). The lowest BCUT2D eigenvalue weighted by atomic mass is 10.1. The second kappa shape index (κ2) is 7.46. The fourth-order valence-electron chi connectivity index (χ4n) is 2.69. The predicted molar refractivity (Wildman–Crippen MR) is 107 cm³/mol. The highest BCUT2D eigenvalue weighted by atomic mass is 35.5. The van der Waals surface area contributed by atoms with Crippen LogP contribution in [0.4, 0.5) is 16.5 Å². The van der Waals surface area contributed by atoms with Gasteiger partial charge in [0.2, 0.25) is 0 Å². The van der Waals surface area contributed by atoms with Crippen LogP contribution in [0, 0.1) is 11.3 Å². The summed E-state index contributed by atoms with van der Waals surface area (Å²) in [5.41, 5.74) is 2.38. The number of nitrogens with one attached hydrogen (secondary N) is 1. The molecule has 0 bridgehead atoms. The number of nitriles is 1. The number of anilines is 3. The molecular formula is C18H13ClN4OS2. The van der Waals surface area contributed by atoms with Gasteiger partial charge in [0.15, 0.2) is 5.13 Å². The number of hydrogen-bond donors (Lipinski definition) is 1. The van der Waals surface area contributed by atoms with Gasteiger partial charge >= 0.3 is 0 Å². The summed E-state index contributed by atoms with van der Waals surface area (Å²) in [4.78, 5) is 7.35. The maximum Gasteiger partial charge on any atom is 0.192 e. The van der Waals surface area contributed by atoms with Gasteiger partial charge in [0.25, 0.3) is 0 Å². The minimum Gasteiger partial charge on any atom is -0.489 e. The first-order valence-electron chi connectivity index (χ1n) is 7.81. The van der Waals surface area contributed by atoms with Gasteiger partial charge in [-0.25, -0.2) is 4.98 Å². The van der Waals surface area contributed by atoms with Crippen molar-refractivity contribution in [2.45, 2.75) is 4.90 Å². The topological polar surface area (TPSA) is 61.2 Å². The molecule has 0 radical (unpaired) electrons. The van der Waals surface area contributed by atoms with Gasteiger partial charge in [0.1, 0.15) is 12.4 Å². The van der Waals surface area contributed by atoms with Crippen LogP contribution in [0.3, 0.4) is 0 Å². The van der Waals surface area contributed by atoms with E-state index in [9.17, 15) is 0 Å². The second-order valence-corrected chi connectivity index (χ2v) is 7.63. The molecule has 5 nitrogen and oxygen atoms in total. The first-order chi connectivity index (χ1) is 12.7. The third-order valence-electron chi connectivity index (χ3n) is 3.85. The second-order valence-electron chi connectivity index (χ2n) is 5.45. The van der Waals surface area contributed by atoms with E-state index in [0.29, 0.717) is 23.7 Å². The molecule has 0 spiro atoms. The predicted octanol–water partition coefficient (Wildman–Crippen LogP) is 5.32. The van der Waals surface area contributed by atoms with E-state index < -0.39 is 0 Å². The maximum absolute atomic E-state index is 9.02. The van der Waals surface area contributed by atoms with E-state index in [2.05, 4.69) is 20.7 Å². The molecule has 26 heavy (non-hydrogen) atoms. The number of halogens is 1. The summed E-state index contributed by atoms with van der Waals surface area (Å²) >= 11 is 9.44. The van der Waals surface area contributed by atoms with Crippen molar-refractivity contribution in [3.63, 3.8) is 0 Å². The molecule has 0 aliphatic carbocycles. The Bertz CT molecular complexity index is 972. The molecule has 2 heterocycles. The molecule has 1 N–H and O–H groups in total. The third-order valence-corrected chi connectivity index (χ3v) is 5.76. The zero-order valence-corrected chi connectivity index (χ0v) is 15.9. The van der Waals surface area contributed by atoms with Crippen molar-refractivity contribution in [1.82, 2.24) is 4.98 Å². The lowest BCUT2D eigenvalue weighted by molar-refractivity contribution is 0.313. The van der Waals surface area contributed by atoms with Crippen LogP contribution in [0.25, 0.3) is 0 Å². The highest BCUT2D eigenvalue weighted by Gasteiger charge is 2.22. The Hall–Kier alpha value is -2.40. The molecule has 4 rings (SSSR count). The Morgan fingerprint density at radius 2 is 2.15 bits per heavy atom. The Kier molecular flexibility index (Phi) is 4.89. The van der Waals surface area contributed by atoms with Crippen molar-refractivity contribution in [1.29, 1.82) is 5.26 Å². The minimum atomic E-state index is 0.548. The Morgan fingerprint density at radius 3 is 2.92 bits per heavy atom. The molecule has 0 saturated heterocycles. The van der Waals surface area contributed by atoms with E-state index in [0.717, 1.165) is 27.2 Å². The molecule has 0 unspecified atom stereocenters. The lowest BCUT2D eigenvalue weighted by Gasteiger charge is -2.32. The van der Waals surface area contributed by atoms with E-state index in [1.54, 1.807) is 29.7 Å². The third kappa shape index (κ3) is 3.44. The number of hydrogen-bond acceptors (Lipinski definition) is 7. The molecule has 1 aromatic heterocycles. The van der Waals surface area contributed by atoms with Gasteiger partial charge in [-0.15, -0.1) is 11.3 Å². The average molecular weight is 401 g/mol. The van der Waals surface area contributed by atoms with Gasteiger partial charge in [-0.1, -0.05) is 11.6 Å². The Balaban J connectivity index is 1.59. The van der Waals surface area contributed by atoms with Crippen LogP contribution in [0.1, 0.15) is 5.56 Å². The fourth-order valence-corrected chi connectivity index (χ4v) is 4.22. The fraction of sp³-hybridized carbons (Fsp3) is 0.111. The molecule has 3 aromatic rings. The van der Waals surface area contributed by atoms with Gasteiger partial charge < -0.3 is 14.4 Å². The Morgan fingerprint density at radius 1 is 1.27 bits per heavy atom. The van der Waals surface area contributed by atoms with E-state index in [-0.39, 0.29) is 0 Å². The molecular weight excluding hydrogens is 388 g/mol. The molecule has 2 aromatic carbocycles. The molecule has 1 aliphatic rings. The van der Waals surface area contributed by atoms with Crippen LogP contribution in [-0.4, -0.2) is 18.1 Å². The first-order valence-corrected chi connectivity index (χ1v) is 9.88. The molecule has 130 valence electrons. The quantitative estimate of drug-likeness (QED) is 0.598. The summed E-state index contributed by atoms with van der Waals surface area (Å²) in [6.07, 6.45) is 1.77. The highest BCUT2D eigenvalue weighted by Crippen LogP contribution is 2.41. The molecule has 0 atom stereocenters. The summed E-state index contributed by atoms with van der Waals surface area (Å²) in [7, 11) is 0. The zero-order chi connectivity index (χ0) is 17.9. The van der Waals surface area contributed by atoms with E-state index in [1.165, 1.54) is 11.9 Å². The smallest absolute Gasteiger partial charge is 0.192 e. The van der Waals surface area contributed by atoms with Crippen LogP contribution in [0.15, 0.2) is 52.9 Å². The number of ether oxygens (including phenoxy) is 1. The van der Waals surface area contributed by atoms with Crippen molar-refractivity contribution < 1.29 is 4.74 Å². The van der Waals surface area contributed by atoms with Crippen molar-refractivity contribution >= 4 is 51.4 Å². The molecule has 1 aliphatic heterocycles. The number of aromatic nitrogens is 1. The highest BCUT2D eigenvalue weighted by molar-refractivity contribution is 8.00. The van der Waals surface area contributed by atoms with Gasteiger partial charge in [-0.05, 0) is 48.3 Å². The SMILES string of the molecule is N#Cc1ccc(N2CCOc3cc(SNc4nccs4)ccc32)c(Cl)c1. The normalized spacial score (nSPS) is 12.8. The molecule has 8 heteroatoms. The number of nitrogens with zero attached hydrogens (tertiary/aromatic N) is 3. The average Bonchev–Trinajstić information content (AvgIpc) is 3.19. The van der Waals surface area contributed by atoms with E-state index in [4.69, 9.17) is 21.6 Å². The molecule has 0 fully saturated rings. The minimum absolute atomic E-state index is 0.548. The lowest BCUT2D eigenvalue weighted by Crippen LogP contribution is -2.28. The van der Waals surface area contributed by atoms with Crippen LogP contribution >= 0.6 is 34.9 Å². The van der Waals surface area contributed by atoms with E-state index >= 15 is 0 Å². The van der Waals surface area contributed by atoms with Crippen molar-refractivity contribution in [2.75, 3.05) is 22.8 Å². The molecule has 0 amide bonds. The van der Waals surface area contributed by atoms with Gasteiger partial charge in [-0.2, -0.15) is 5.26 Å². The maximum atomic E-state index is 9.02. The summed E-state index contributed by atoms with van der Waals surface area (Å²) in [5, 5.41) is 12.4. The van der Waals surface area contributed by atoms with Crippen LogP contribution in [0.2, 0.25) is 5.02 Å². The number of thiazole rings is 1. The summed E-state index contributed by atoms with van der Waals surface area (Å²) < 4.78 is 9.06. The van der Waals surface area contributed by atoms with Crippen LogP contribution in [0.5, 0.6) is 5.75 Å². The zero-order valence-electron chi connectivity index (χ0n) is 13.5. The van der Waals surface area contributed by atoms with Crippen molar-refractivity contribution in [3.8, 4) is 11.8 Å². The first kappa shape index (κ1) is 17.0. The van der Waals surface area contributed by atoms with Crippen molar-refractivity contribution in [3.05, 3.63) is 58.6 Å². The Labute approximate surface area is 164 Å². The number of rotatable bonds is 4. The van der Waals surface area contributed by atoms with Crippen molar-refractivity contribution in [2.24, 2.45) is 0 Å². The van der Waals surface area contributed by atoms with E-state index in [1.807, 2.05) is 29.6 Å². The summed E-state index contributed by atoms with van der Waals surface area (Å²) in [6, 6.07) is 13.5. The molecule has 0 saturated carbocycles. The number of benzene rings is 2. The van der Waals surface area contributed by atoms with Gasteiger partial charge in [-0.3, -0.25) is 0 Å². The summed E-state index contributed by atoms with van der Waals surface area (Å²) in [5.74, 6) is 0.808. The van der Waals surface area contributed by atoms with Gasteiger partial charge in [0.05, 0.1) is 34.6 Å². The van der Waals surface area contributed by atoms with Gasteiger partial charge in [0, 0.05) is 16.5 Å².